The van der Waals surface area contributed by atoms with Crippen molar-refractivity contribution in [2.45, 2.75) is 26.4 Å². The van der Waals surface area contributed by atoms with Gasteiger partial charge in [0.1, 0.15) is 5.75 Å². The number of carbonyl (C=O) groups excluding carboxylic acids is 1. The molecule has 0 spiro atoms. The molecule has 4 nitrogen and oxygen atoms in total. The number of ether oxygens (including phenoxy) is 1. The molecule has 0 saturated carbocycles. The molecule has 0 fully saturated rings. The fraction of sp³-hybridized carbons (Fsp3) is 0.417. The van der Waals surface area contributed by atoms with Gasteiger partial charge in [0.15, 0.2) is 0 Å². The molecule has 0 aliphatic carbocycles. The van der Waals surface area contributed by atoms with Gasteiger partial charge in [0.2, 0.25) is 0 Å². The fourth-order valence-electron chi connectivity index (χ4n) is 1.40. The third-order valence-electron chi connectivity index (χ3n) is 2.16. The lowest BCUT2D eigenvalue weighted by molar-refractivity contribution is 0.0940. The Kier molecular flexibility index (Phi) is 4.31. The second-order valence-corrected chi connectivity index (χ2v) is 3.87. The van der Waals surface area contributed by atoms with Crippen LogP contribution < -0.4 is 15.8 Å². The molecular weight excluding hydrogens is 204 g/mol. The molecule has 0 aliphatic heterocycles. The van der Waals surface area contributed by atoms with E-state index in [0.29, 0.717) is 17.9 Å². The first-order valence-corrected chi connectivity index (χ1v) is 5.26. The number of carbonyl (C=O) groups is 1. The van der Waals surface area contributed by atoms with Crippen molar-refractivity contribution in [1.82, 2.24) is 5.32 Å². The Bertz CT molecular complexity index is 375. The lowest BCUT2D eigenvalue weighted by atomic mass is 10.1. The van der Waals surface area contributed by atoms with Gasteiger partial charge in [-0.25, -0.2) is 0 Å². The Morgan fingerprint density at radius 1 is 1.50 bits per heavy atom. The molecule has 0 saturated heterocycles. The van der Waals surface area contributed by atoms with Crippen molar-refractivity contribution in [2.75, 3.05) is 7.11 Å². The second-order valence-electron chi connectivity index (χ2n) is 3.87. The number of rotatable bonds is 4. The Labute approximate surface area is 95.8 Å². The molecule has 3 N–H and O–H groups in total. The number of hydrogen-bond donors (Lipinski definition) is 2. The minimum Gasteiger partial charge on any atom is -0.496 e. The van der Waals surface area contributed by atoms with E-state index in [2.05, 4.69) is 5.32 Å². The molecule has 0 radical (unpaired) electrons. The van der Waals surface area contributed by atoms with Gasteiger partial charge in [0.25, 0.3) is 5.91 Å². The highest BCUT2D eigenvalue weighted by Gasteiger charge is 2.13. The van der Waals surface area contributed by atoms with E-state index in [1.807, 2.05) is 19.9 Å². The first kappa shape index (κ1) is 12.5. The summed E-state index contributed by atoms with van der Waals surface area (Å²) < 4.78 is 5.15. The summed E-state index contributed by atoms with van der Waals surface area (Å²) in [4.78, 5) is 11.9. The molecule has 0 aliphatic rings. The zero-order valence-electron chi connectivity index (χ0n) is 9.91. The summed E-state index contributed by atoms with van der Waals surface area (Å²) in [6.45, 7) is 4.24. The highest BCUT2D eigenvalue weighted by molar-refractivity contribution is 5.97. The van der Waals surface area contributed by atoms with Crippen molar-refractivity contribution in [1.29, 1.82) is 0 Å². The van der Waals surface area contributed by atoms with Crippen LogP contribution in [-0.4, -0.2) is 19.1 Å². The third-order valence-corrected chi connectivity index (χ3v) is 2.16. The largest absolute Gasteiger partial charge is 0.496 e. The molecule has 1 aromatic carbocycles. The first-order chi connectivity index (χ1) is 7.58. The molecule has 1 aromatic rings. The first-order valence-electron chi connectivity index (χ1n) is 5.26. The molecule has 4 heteroatoms. The normalized spacial score (nSPS) is 10.3. The van der Waals surface area contributed by atoms with Gasteiger partial charge in [0, 0.05) is 12.6 Å². The lowest BCUT2D eigenvalue weighted by Gasteiger charge is -2.12. The zero-order chi connectivity index (χ0) is 12.1. The number of hydrogen-bond acceptors (Lipinski definition) is 3. The number of amides is 1. The molecule has 0 atom stereocenters. The smallest absolute Gasteiger partial charge is 0.255 e. The molecule has 0 heterocycles. The van der Waals surface area contributed by atoms with E-state index in [1.54, 1.807) is 19.2 Å². The Balaban J connectivity index is 3.03. The standard InChI is InChI=1S/C12H18N2O2/c1-8(2)14-12(15)10-6-9(7-13)4-5-11(10)16-3/h4-6,8H,7,13H2,1-3H3,(H,14,15). The van der Waals surface area contributed by atoms with Crippen molar-refractivity contribution in [2.24, 2.45) is 5.73 Å². The van der Waals surface area contributed by atoms with E-state index in [9.17, 15) is 4.79 Å². The predicted octanol–water partition coefficient (Wildman–Crippen LogP) is 1.29. The highest BCUT2D eigenvalue weighted by Crippen LogP contribution is 2.19. The van der Waals surface area contributed by atoms with E-state index >= 15 is 0 Å². The third kappa shape index (κ3) is 2.97. The van der Waals surface area contributed by atoms with Crippen LogP contribution in [0.2, 0.25) is 0 Å². The van der Waals surface area contributed by atoms with Crippen LogP contribution in [0.25, 0.3) is 0 Å². The van der Waals surface area contributed by atoms with Gasteiger partial charge in [0.05, 0.1) is 12.7 Å². The van der Waals surface area contributed by atoms with Gasteiger partial charge >= 0.3 is 0 Å². The van der Waals surface area contributed by atoms with Crippen molar-refractivity contribution in [3.63, 3.8) is 0 Å². The van der Waals surface area contributed by atoms with Gasteiger partial charge in [-0.05, 0) is 31.5 Å². The Morgan fingerprint density at radius 2 is 2.19 bits per heavy atom. The molecule has 1 rings (SSSR count). The minimum absolute atomic E-state index is 0.0961. The maximum Gasteiger partial charge on any atom is 0.255 e. The number of nitrogens with two attached hydrogens (primary N) is 1. The van der Waals surface area contributed by atoms with Crippen LogP contribution in [0.3, 0.4) is 0 Å². The van der Waals surface area contributed by atoms with Crippen molar-refractivity contribution < 1.29 is 9.53 Å². The SMILES string of the molecule is COc1ccc(CN)cc1C(=O)NC(C)C. The minimum atomic E-state index is -0.137. The fourth-order valence-corrected chi connectivity index (χ4v) is 1.40. The average Bonchev–Trinajstić information content (AvgIpc) is 2.27. The van der Waals surface area contributed by atoms with Crippen LogP contribution in [0.4, 0.5) is 0 Å². The van der Waals surface area contributed by atoms with E-state index in [-0.39, 0.29) is 11.9 Å². The van der Waals surface area contributed by atoms with Gasteiger partial charge in [-0.2, -0.15) is 0 Å². The topological polar surface area (TPSA) is 64.3 Å². The van der Waals surface area contributed by atoms with Gasteiger partial charge in [-0.15, -0.1) is 0 Å². The average molecular weight is 222 g/mol. The quantitative estimate of drug-likeness (QED) is 0.807. The Morgan fingerprint density at radius 3 is 2.69 bits per heavy atom. The van der Waals surface area contributed by atoms with Crippen molar-refractivity contribution in [3.05, 3.63) is 29.3 Å². The van der Waals surface area contributed by atoms with E-state index < -0.39 is 0 Å². The molecule has 0 unspecified atom stereocenters. The van der Waals surface area contributed by atoms with E-state index in [4.69, 9.17) is 10.5 Å². The van der Waals surface area contributed by atoms with Gasteiger partial charge < -0.3 is 15.8 Å². The number of benzene rings is 1. The highest BCUT2D eigenvalue weighted by atomic mass is 16.5. The van der Waals surface area contributed by atoms with E-state index in [0.717, 1.165) is 5.56 Å². The van der Waals surface area contributed by atoms with Crippen molar-refractivity contribution in [3.8, 4) is 5.75 Å². The molecule has 88 valence electrons. The van der Waals surface area contributed by atoms with Crippen LogP contribution >= 0.6 is 0 Å². The molecule has 0 bridgehead atoms. The van der Waals surface area contributed by atoms with Crippen molar-refractivity contribution >= 4 is 5.91 Å². The number of methoxy groups -OCH3 is 1. The summed E-state index contributed by atoms with van der Waals surface area (Å²) in [5.41, 5.74) is 6.98. The van der Waals surface area contributed by atoms with Crippen LogP contribution in [0, 0.1) is 0 Å². The molecular formula is C12H18N2O2. The molecule has 0 aromatic heterocycles. The summed E-state index contributed by atoms with van der Waals surface area (Å²) in [7, 11) is 1.55. The Hall–Kier alpha value is -1.55. The summed E-state index contributed by atoms with van der Waals surface area (Å²) in [6.07, 6.45) is 0. The van der Waals surface area contributed by atoms with E-state index in [1.165, 1.54) is 0 Å². The van der Waals surface area contributed by atoms with Crippen LogP contribution in [-0.2, 0) is 6.54 Å². The second kappa shape index (κ2) is 5.51. The summed E-state index contributed by atoms with van der Waals surface area (Å²) in [6, 6.07) is 5.47. The predicted molar refractivity (Wildman–Crippen MR) is 63.5 cm³/mol. The lowest BCUT2D eigenvalue weighted by Crippen LogP contribution is -2.30. The summed E-state index contributed by atoms with van der Waals surface area (Å²) in [5.74, 6) is 0.428. The summed E-state index contributed by atoms with van der Waals surface area (Å²) in [5, 5.41) is 2.83. The number of nitrogens with one attached hydrogen (secondary N) is 1. The maximum absolute atomic E-state index is 11.9. The van der Waals surface area contributed by atoms with Gasteiger partial charge in [-0.3, -0.25) is 4.79 Å². The zero-order valence-corrected chi connectivity index (χ0v) is 9.91. The van der Waals surface area contributed by atoms with Crippen LogP contribution in [0.1, 0.15) is 29.8 Å². The van der Waals surface area contributed by atoms with Gasteiger partial charge in [-0.1, -0.05) is 6.07 Å². The monoisotopic (exact) mass is 222 g/mol. The summed E-state index contributed by atoms with van der Waals surface area (Å²) >= 11 is 0. The molecule has 16 heavy (non-hydrogen) atoms. The van der Waals surface area contributed by atoms with Crippen LogP contribution in [0.15, 0.2) is 18.2 Å². The van der Waals surface area contributed by atoms with Crippen LogP contribution in [0.5, 0.6) is 5.75 Å². The molecule has 1 amide bonds. The maximum atomic E-state index is 11.9.